The van der Waals surface area contributed by atoms with Crippen molar-refractivity contribution in [3.05, 3.63) is 49.9 Å². The monoisotopic (exact) mass is 322 g/mol. The third kappa shape index (κ3) is 3.33. The average molecular weight is 323 g/mol. The van der Waals surface area contributed by atoms with Crippen LogP contribution in [-0.2, 0) is 6.54 Å². The van der Waals surface area contributed by atoms with Gasteiger partial charge >= 0.3 is 0 Å². The van der Waals surface area contributed by atoms with Gasteiger partial charge < -0.3 is 15.7 Å². The molecule has 0 spiro atoms. The molecule has 4 N–H and O–H groups in total. The molecule has 0 aliphatic heterocycles. The van der Waals surface area contributed by atoms with E-state index in [0.29, 0.717) is 21.8 Å². The minimum atomic E-state index is -0.265. The first-order valence-corrected chi connectivity index (χ1v) is 7.40. The molecular formula is C15H19ClN4O2. The standard InChI is InChI=1S/C15H19ClN4O2/c1-4-17-13-6-10(16)5-11(8(13)2)14(21)18-7-12-9(3)19-20-15(12)22/h5-6,17H,4,7H2,1-3H3,(H,18,21)(H2,19,20,22). The Morgan fingerprint density at radius 1 is 1.27 bits per heavy atom. The minimum absolute atomic E-state index is 0.159. The number of halogens is 1. The van der Waals surface area contributed by atoms with E-state index in [0.717, 1.165) is 17.8 Å². The predicted molar refractivity (Wildman–Crippen MR) is 87.7 cm³/mol. The van der Waals surface area contributed by atoms with Crippen LogP contribution in [0.5, 0.6) is 0 Å². The fourth-order valence-electron chi connectivity index (χ4n) is 2.24. The molecule has 1 heterocycles. The Hall–Kier alpha value is -2.21. The van der Waals surface area contributed by atoms with Crippen LogP contribution >= 0.6 is 11.6 Å². The summed E-state index contributed by atoms with van der Waals surface area (Å²) in [6.45, 7) is 6.50. The zero-order valence-corrected chi connectivity index (χ0v) is 13.5. The van der Waals surface area contributed by atoms with Crippen LogP contribution in [0.2, 0.25) is 5.02 Å². The van der Waals surface area contributed by atoms with Crippen molar-refractivity contribution in [1.29, 1.82) is 0 Å². The van der Waals surface area contributed by atoms with Gasteiger partial charge in [-0.15, -0.1) is 0 Å². The van der Waals surface area contributed by atoms with E-state index in [4.69, 9.17) is 11.6 Å². The summed E-state index contributed by atoms with van der Waals surface area (Å²) in [6.07, 6.45) is 0. The lowest BCUT2D eigenvalue weighted by molar-refractivity contribution is 0.0950. The van der Waals surface area contributed by atoms with Crippen molar-refractivity contribution in [3.63, 3.8) is 0 Å². The quantitative estimate of drug-likeness (QED) is 0.681. The first-order chi connectivity index (χ1) is 10.4. The Bertz CT molecular complexity index is 748. The summed E-state index contributed by atoms with van der Waals surface area (Å²) in [7, 11) is 0. The molecule has 2 rings (SSSR count). The molecule has 2 aromatic rings. The van der Waals surface area contributed by atoms with Gasteiger partial charge in [-0.05, 0) is 38.5 Å². The molecule has 0 unspecified atom stereocenters. The van der Waals surface area contributed by atoms with E-state index in [2.05, 4.69) is 20.8 Å². The second-order valence-corrected chi connectivity index (χ2v) is 5.46. The highest BCUT2D eigenvalue weighted by Gasteiger charge is 2.14. The molecule has 1 aromatic carbocycles. The van der Waals surface area contributed by atoms with Crippen molar-refractivity contribution >= 4 is 23.2 Å². The molecule has 7 heteroatoms. The zero-order chi connectivity index (χ0) is 16.3. The second kappa shape index (κ2) is 6.70. The maximum absolute atomic E-state index is 12.4. The Kier molecular flexibility index (Phi) is 4.92. The Morgan fingerprint density at radius 2 is 2.00 bits per heavy atom. The van der Waals surface area contributed by atoms with Crippen LogP contribution in [0.3, 0.4) is 0 Å². The second-order valence-electron chi connectivity index (χ2n) is 5.02. The van der Waals surface area contributed by atoms with Crippen molar-refractivity contribution in [3.8, 4) is 0 Å². The fraction of sp³-hybridized carbons (Fsp3) is 0.333. The maximum Gasteiger partial charge on any atom is 0.269 e. The van der Waals surface area contributed by atoms with E-state index in [-0.39, 0.29) is 18.0 Å². The van der Waals surface area contributed by atoms with Crippen molar-refractivity contribution in [1.82, 2.24) is 15.5 Å². The third-order valence-corrected chi connectivity index (χ3v) is 3.72. The van der Waals surface area contributed by atoms with Gasteiger partial charge in [0, 0.05) is 28.5 Å². The van der Waals surface area contributed by atoms with Crippen molar-refractivity contribution in [2.24, 2.45) is 0 Å². The summed E-state index contributed by atoms with van der Waals surface area (Å²) in [5.74, 6) is -0.265. The molecule has 6 nitrogen and oxygen atoms in total. The van der Waals surface area contributed by atoms with Crippen molar-refractivity contribution in [2.75, 3.05) is 11.9 Å². The largest absolute Gasteiger partial charge is 0.385 e. The van der Waals surface area contributed by atoms with Gasteiger partial charge in [0.25, 0.3) is 11.5 Å². The summed E-state index contributed by atoms with van der Waals surface area (Å²) in [6, 6.07) is 3.42. The van der Waals surface area contributed by atoms with E-state index in [1.54, 1.807) is 19.1 Å². The molecule has 1 aromatic heterocycles. The molecule has 0 fully saturated rings. The Balaban J connectivity index is 2.21. The number of carbonyl (C=O) groups excluding carboxylic acids is 1. The average Bonchev–Trinajstić information content (AvgIpc) is 2.79. The van der Waals surface area contributed by atoms with Crippen LogP contribution in [0.25, 0.3) is 0 Å². The summed E-state index contributed by atoms with van der Waals surface area (Å²) < 4.78 is 0. The molecule has 0 aliphatic carbocycles. The number of aromatic amines is 2. The van der Waals surface area contributed by atoms with E-state index < -0.39 is 0 Å². The molecule has 0 saturated carbocycles. The molecule has 0 radical (unpaired) electrons. The predicted octanol–water partition coefficient (Wildman–Crippen LogP) is 2.34. The Labute approximate surface area is 133 Å². The van der Waals surface area contributed by atoms with Crippen LogP contribution < -0.4 is 16.2 Å². The van der Waals surface area contributed by atoms with Crippen molar-refractivity contribution in [2.45, 2.75) is 27.3 Å². The number of nitrogens with one attached hydrogen (secondary N) is 4. The number of hydrogen-bond acceptors (Lipinski definition) is 3. The van der Waals surface area contributed by atoms with Gasteiger partial charge in [-0.1, -0.05) is 11.6 Å². The number of benzene rings is 1. The lowest BCUT2D eigenvalue weighted by Gasteiger charge is -2.13. The molecule has 1 amide bonds. The number of anilines is 1. The smallest absolute Gasteiger partial charge is 0.269 e. The van der Waals surface area contributed by atoms with Crippen LogP contribution in [0.1, 0.15) is 34.1 Å². The molecule has 118 valence electrons. The highest BCUT2D eigenvalue weighted by Crippen LogP contribution is 2.24. The molecule has 0 saturated heterocycles. The van der Waals surface area contributed by atoms with Gasteiger partial charge in [0.1, 0.15) is 0 Å². The molecule has 0 aliphatic rings. The SMILES string of the molecule is CCNc1cc(Cl)cc(C(=O)NCc2c(C)[nH][nH]c2=O)c1C. The third-order valence-electron chi connectivity index (χ3n) is 3.50. The van der Waals surface area contributed by atoms with Gasteiger partial charge in [0.2, 0.25) is 0 Å². The summed E-state index contributed by atoms with van der Waals surface area (Å²) in [5, 5.41) is 11.6. The maximum atomic E-state index is 12.4. The number of aryl methyl sites for hydroxylation is 1. The van der Waals surface area contributed by atoms with Crippen LogP contribution in [-0.4, -0.2) is 22.6 Å². The number of hydrogen-bond donors (Lipinski definition) is 4. The first kappa shape index (κ1) is 16.2. The highest BCUT2D eigenvalue weighted by molar-refractivity contribution is 6.31. The van der Waals surface area contributed by atoms with E-state index in [9.17, 15) is 9.59 Å². The van der Waals surface area contributed by atoms with E-state index in [1.165, 1.54) is 0 Å². The number of aromatic nitrogens is 2. The Morgan fingerprint density at radius 3 is 2.59 bits per heavy atom. The van der Waals surface area contributed by atoms with Crippen molar-refractivity contribution < 1.29 is 4.79 Å². The van der Waals surface area contributed by atoms with Crippen LogP contribution in [0.4, 0.5) is 5.69 Å². The highest BCUT2D eigenvalue weighted by atomic mass is 35.5. The first-order valence-electron chi connectivity index (χ1n) is 7.02. The topological polar surface area (TPSA) is 89.8 Å². The zero-order valence-electron chi connectivity index (χ0n) is 12.8. The number of H-pyrrole nitrogens is 2. The summed E-state index contributed by atoms with van der Waals surface area (Å²) in [5.41, 5.74) is 3.14. The molecule has 22 heavy (non-hydrogen) atoms. The summed E-state index contributed by atoms with van der Waals surface area (Å²) in [4.78, 5) is 24.0. The lowest BCUT2D eigenvalue weighted by Crippen LogP contribution is -2.26. The number of carbonyl (C=O) groups is 1. The van der Waals surface area contributed by atoms with Crippen LogP contribution in [0, 0.1) is 13.8 Å². The normalized spacial score (nSPS) is 10.5. The molecule has 0 atom stereocenters. The van der Waals surface area contributed by atoms with Gasteiger partial charge in [-0.3, -0.25) is 14.7 Å². The van der Waals surface area contributed by atoms with Gasteiger partial charge in [-0.25, -0.2) is 0 Å². The van der Waals surface area contributed by atoms with E-state index >= 15 is 0 Å². The summed E-state index contributed by atoms with van der Waals surface area (Å²) >= 11 is 6.07. The van der Waals surface area contributed by atoms with Gasteiger partial charge in [0.15, 0.2) is 0 Å². The number of amides is 1. The number of rotatable bonds is 5. The van der Waals surface area contributed by atoms with Gasteiger partial charge in [0.05, 0.1) is 12.1 Å². The fourth-order valence-corrected chi connectivity index (χ4v) is 2.46. The molecular weight excluding hydrogens is 304 g/mol. The molecule has 0 bridgehead atoms. The van der Waals surface area contributed by atoms with E-state index in [1.807, 2.05) is 13.8 Å². The lowest BCUT2D eigenvalue weighted by atomic mass is 10.1. The van der Waals surface area contributed by atoms with Crippen LogP contribution in [0.15, 0.2) is 16.9 Å². The van der Waals surface area contributed by atoms with Gasteiger partial charge in [-0.2, -0.15) is 0 Å². The minimum Gasteiger partial charge on any atom is -0.385 e.